The van der Waals surface area contributed by atoms with Crippen molar-refractivity contribution in [1.82, 2.24) is 4.90 Å². The molecule has 1 aromatic carbocycles. The zero-order valence-corrected chi connectivity index (χ0v) is 12.9. The van der Waals surface area contributed by atoms with Crippen molar-refractivity contribution in [3.8, 4) is 0 Å². The summed E-state index contributed by atoms with van der Waals surface area (Å²) in [7, 11) is 0. The molecule has 3 heteroatoms. The van der Waals surface area contributed by atoms with Gasteiger partial charge in [0.05, 0.1) is 0 Å². The second-order valence-corrected chi connectivity index (χ2v) is 5.72. The fourth-order valence-electron chi connectivity index (χ4n) is 2.45. The molecule has 1 aromatic rings. The van der Waals surface area contributed by atoms with Crippen molar-refractivity contribution in [3.05, 3.63) is 34.3 Å². The number of halogens is 1. The Bertz CT molecular complexity index is 397. The summed E-state index contributed by atoms with van der Waals surface area (Å²) in [4.78, 5) is 2.38. The molecule has 1 rings (SSSR count). The summed E-state index contributed by atoms with van der Waals surface area (Å²) in [5.41, 5.74) is 8.55. The van der Waals surface area contributed by atoms with Gasteiger partial charge in [-0.15, -0.1) is 0 Å². The van der Waals surface area contributed by atoms with Crippen molar-refractivity contribution in [2.24, 2.45) is 5.73 Å². The molecular formula is C15H25ClN2. The fraction of sp³-hybridized carbons (Fsp3) is 0.600. The van der Waals surface area contributed by atoms with Crippen LogP contribution in [0.2, 0.25) is 5.02 Å². The van der Waals surface area contributed by atoms with Gasteiger partial charge in [-0.25, -0.2) is 0 Å². The van der Waals surface area contributed by atoms with Gasteiger partial charge in [-0.2, -0.15) is 0 Å². The maximum absolute atomic E-state index is 6.44. The molecular weight excluding hydrogens is 244 g/mol. The normalized spacial score (nSPS) is 14.0. The molecule has 0 aliphatic rings. The second kappa shape index (κ2) is 6.05. The monoisotopic (exact) mass is 268 g/mol. The van der Waals surface area contributed by atoms with E-state index >= 15 is 0 Å². The predicted molar refractivity (Wildman–Crippen MR) is 80.1 cm³/mol. The van der Waals surface area contributed by atoms with Gasteiger partial charge in [0.15, 0.2) is 0 Å². The molecule has 0 heterocycles. The summed E-state index contributed by atoms with van der Waals surface area (Å²) in [5, 5.41) is 0.790. The first-order valence-electron chi connectivity index (χ1n) is 6.61. The van der Waals surface area contributed by atoms with Crippen molar-refractivity contribution >= 4 is 11.6 Å². The number of nitrogens with zero attached hydrogens (tertiary/aromatic N) is 1. The van der Waals surface area contributed by atoms with Gasteiger partial charge in [0, 0.05) is 16.6 Å². The molecule has 0 amide bonds. The molecule has 0 saturated carbocycles. The van der Waals surface area contributed by atoms with Gasteiger partial charge in [0.2, 0.25) is 0 Å². The average molecular weight is 269 g/mol. The lowest BCUT2D eigenvalue weighted by atomic mass is 9.87. The fourth-order valence-corrected chi connectivity index (χ4v) is 2.63. The van der Waals surface area contributed by atoms with Gasteiger partial charge in [-0.1, -0.05) is 37.6 Å². The summed E-state index contributed by atoms with van der Waals surface area (Å²) < 4.78 is 0. The van der Waals surface area contributed by atoms with Crippen molar-refractivity contribution in [1.29, 1.82) is 0 Å². The van der Waals surface area contributed by atoms with E-state index in [0.717, 1.165) is 29.2 Å². The van der Waals surface area contributed by atoms with E-state index in [1.807, 2.05) is 19.1 Å². The summed E-state index contributed by atoms with van der Waals surface area (Å²) in [5.74, 6) is 0. The van der Waals surface area contributed by atoms with Gasteiger partial charge in [0.1, 0.15) is 0 Å². The molecule has 0 aliphatic heterocycles. The van der Waals surface area contributed by atoms with Crippen LogP contribution >= 0.6 is 11.6 Å². The van der Waals surface area contributed by atoms with Gasteiger partial charge < -0.3 is 5.73 Å². The number of likely N-dealkylation sites (N-methyl/N-ethyl adjacent to an activating group) is 1. The van der Waals surface area contributed by atoms with Crippen LogP contribution < -0.4 is 5.73 Å². The molecule has 0 aliphatic carbocycles. The minimum atomic E-state index is -0.0813. The van der Waals surface area contributed by atoms with Gasteiger partial charge >= 0.3 is 0 Å². The Kier molecular flexibility index (Phi) is 5.20. The summed E-state index contributed by atoms with van der Waals surface area (Å²) in [6.07, 6.45) is 0. The maximum Gasteiger partial charge on any atom is 0.0477 e. The van der Waals surface area contributed by atoms with Crippen LogP contribution in [0.1, 0.15) is 44.9 Å². The lowest BCUT2D eigenvalue weighted by molar-refractivity contribution is 0.107. The molecule has 0 spiro atoms. The highest BCUT2D eigenvalue weighted by Gasteiger charge is 2.32. The molecule has 1 atom stereocenters. The highest BCUT2D eigenvalue weighted by atomic mass is 35.5. The van der Waals surface area contributed by atoms with Crippen LogP contribution in [0, 0.1) is 6.92 Å². The summed E-state index contributed by atoms with van der Waals surface area (Å²) in [6, 6.07) is 6.07. The van der Waals surface area contributed by atoms with Crippen LogP contribution in [-0.4, -0.2) is 23.5 Å². The van der Waals surface area contributed by atoms with E-state index in [0.29, 0.717) is 0 Å². The number of rotatable bonds is 5. The van der Waals surface area contributed by atoms with E-state index in [-0.39, 0.29) is 11.6 Å². The Balaban J connectivity index is 3.04. The Morgan fingerprint density at radius 2 is 1.83 bits per heavy atom. The van der Waals surface area contributed by atoms with E-state index in [4.69, 9.17) is 17.3 Å². The first-order chi connectivity index (χ1) is 8.34. The van der Waals surface area contributed by atoms with Gasteiger partial charge in [-0.05, 0) is 51.1 Å². The Labute approximate surface area is 116 Å². The number of benzene rings is 1. The SMILES string of the molecule is CCN(CC)C(C)(C)C(N)c1ccc(C)c(Cl)c1. The summed E-state index contributed by atoms with van der Waals surface area (Å²) in [6.45, 7) is 12.7. The van der Waals surface area contributed by atoms with E-state index < -0.39 is 0 Å². The standard InChI is InChI=1S/C15H25ClN2/c1-6-18(7-2)15(4,5)14(17)12-9-8-11(3)13(16)10-12/h8-10,14H,6-7,17H2,1-5H3. The molecule has 2 N–H and O–H groups in total. The molecule has 0 aromatic heterocycles. The van der Waals surface area contributed by atoms with E-state index in [1.165, 1.54) is 0 Å². The van der Waals surface area contributed by atoms with E-state index in [2.05, 4.69) is 38.7 Å². The quantitative estimate of drug-likeness (QED) is 0.881. The van der Waals surface area contributed by atoms with Crippen LogP contribution in [-0.2, 0) is 0 Å². The third-order valence-corrected chi connectivity index (χ3v) is 4.30. The minimum Gasteiger partial charge on any atom is -0.322 e. The Morgan fingerprint density at radius 1 is 1.28 bits per heavy atom. The molecule has 102 valence electrons. The van der Waals surface area contributed by atoms with Gasteiger partial charge in [-0.3, -0.25) is 4.90 Å². The van der Waals surface area contributed by atoms with Crippen LogP contribution in [0.25, 0.3) is 0 Å². The van der Waals surface area contributed by atoms with Crippen molar-refractivity contribution in [2.45, 2.75) is 46.2 Å². The number of aryl methyl sites for hydroxylation is 1. The van der Waals surface area contributed by atoms with Crippen LogP contribution in [0.3, 0.4) is 0 Å². The third kappa shape index (κ3) is 3.05. The molecule has 0 bridgehead atoms. The second-order valence-electron chi connectivity index (χ2n) is 5.31. The average Bonchev–Trinajstić information content (AvgIpc) is 2.33. The number of hydrogen-bond donors (Lipinski definition) is 1. The first kappa shape index (κ1) is 15.5. The molecule has 0 fully saturated rings. The molecule has 18 heavy (non-hydrogen) atoms. The topological polar surface area (TPSA) is 29.3 Å². The zero-order valence-electron chi connectivity index (χ0n) is 12.1. The van der Waals surface area contributed by atoms with E-state index in [1.54, 1.807) is 0 Å². The summed E-state index contributed by atoms with van der Waals surface area (Å²) >= 11 is 6.19. The smallest absolute Gasteiger partial charge is 0.0477 e. The van der Waals surface area contributed by atoms with Crippen molar-refractivity contribution in [3.63, 3.8) is 0 Å². The highest BCUT2D eigenvalue weighted by molar-refractivity contribution is 6.31. The lowest BCUT2D eigenvalue weighted by Gasteiger charge is -2.42. The molecule has 2 nitrogen and oxygen atoms in total. The largest absolute Gasteiger partial charge is 0.322 e. The molecule has 0 saturated heterocycles. The minimum absolute atomic E-state index is 0.0458. The molecule has 1 unspecified atom stereocenters. The van der Waals surface area contributed by atoms with Crippen molar-refractivity contribution < 1.29 is 0 Å². The number of hydrogen-bond acceptors (Lipinski definition) is 2. The third-order valence-electron chi connectivity index (χ3n) is 3.89. The number of nitrogens with two attached hydrogens (primary N) is 1. The maximum atomic E-state index is 6.44. The Morgan fingerprint density at radius 3 is 2.28 bits per heavy atom. The van der Waals surface area contributed by atoms with Gasteiger partial charge in [0.25, 0.3) is 0 Å². The van der Waals surface area contributed by atoms with Crippen LogP contribution in [0.4, 0.5) is 0 Å². The first-order valence-corrected chi connectivity index (χ1v) is 6.99. The van der Waals surface area contributed by atoms with Crippen LogP contribution in [0.15, 0.2) is 18.2 Å². The highest BCUT2D eigenvalue weighted by Crippen LogP contribution is 2.30. The lowest BCUT2D eigenvalue weighted by Crippen LogP contribution is -2.51. The zero-order chi connectivity index (χ0) is 13.9. The predicted octanol–water partition coefficient (Wildman–Crippen LogP) is 3.77. The van der Waals surface area contributed by atoms with Crippen LogP contribution in [0.5, 0.6) is 0 Å². The Hall–Kier alpha value is -0.570. The molecule has 0 radical (unpaired) electrons. The van der Waals surface area contributed by atoms with Crippen molar-refractivity contribution in [2.75, 3.05) is 13.1 Å². The van der Waals surface area contributed by atoms with E-state index in [9.17, 15) is 0 Å².